The van der Waals surface area contributed by atoms with Crippen LogP contribution in [0.3, 0.4) is 0 Å². The topological polar surface area (TPSA) is 68.3 Å². The van der Waals surface area contributed by atoms with Gasteiger partial charge in [0.15, 0.2) is 0 Å². The van der Waals surface area contributed by atoms with Gasteiger partial charge in [0.1, 0.15) is 0 Å². The molecular formula is C13H24ClN5O. The second-order valence-electron chi connectivity index (χ2n) is 5.50. The van der Waals surface area contributed by atoms with Crippen LogP contribution < -0.4 is 11.3 Å². The Hall–Kier alpha value is -0.660. The van der Waals surface area contributed by atoms with Gasteiger partial charge in [0, 0.05) is 19.8 Å². The maximum Gasteiger partial charge on any atom is 0.0834 e. The summed E-state index contributed by atoms with van der Waals surface area (Å²) in [4.78, 5) is 2.12. The Balaban J connectivity index is 2.17. The SMILES string of the molecule is CN(C)CCn1ncc(Cl)c1C(NN)C1CCOCC1. The van der Waals surface area contributed by atoms with E-state index in [1.165, 1.54) is 0 Å². The third kappa shape index (κ3) is 3.71. The van der Waals surface area contributed by atoms with Crippen molar-refractivity contribution in [3.63, 3.8) is 0 Å². The second kappa shape index (κ2) is 7.38. The minimum absolute atomic E-state index is 0.0241. The van der Waals surface area contributed by atoms with Crippen LogP contribution in [-0.4, -0.2) is 48.5 Å². The quantitative estimate of drug-likeness (QED) is 0.607. The maximum atomic E-state index is 6.33. The molecule has 0 aromatic carbocycles. The normalized spacial score (nSPS) is 18.6. The number of hydrazine groups is 1. The number of nitrogens with two attached hydrogens (primary N) is 1. The van der Waals surface area contributed by atoms with Gasteiger partial charge in [0.05, 0.1) is 29.5 Å². The van der Waals surface area contributed by atoms with Gasteiger partial charge in [-0.1, -0.05) is 11.6 Å². The monoisotopic (exact) mass is 301 g/mol. The van der Waals surface area contributed by atoms with Crippen LogP contribution in [0.2, 0.25) is 5.02 Å². The van der Waals surface area contributed by atoms with Crippen molar-refractivity contribution in [2.75, 3.05) is 33.9 Å². The van der Waals surface area contributed by atoms with Crippen LogP contribution in [-0.2, 0) is 11.3 Å². The molecule has 0 radical (unpaired) electrons. The molecule has 2 heterocycles. The molecule has 2 rings (SSSR count). The summed E-state index contributed by atoms with van der Waals surface area (Å²) >= 11 is 6.33. The van der Waals surface area contributed by atoms with Crippen LogP contribution in [0.1, 0.15) is 24.6 Å². The first-order chi connectivity index (χ1) is 9.63. The van der Waals surface area contributed by atoms with Gasteiger partial charge in [-0.15, -0.1) is 0 Å². The van der Waals surface area contributed by atoms with E-state index in [2.05, 4.69) is 15.4 Å². The zero-order chi connectivity index (χ0) is 14.5. The van der Waals surface area contributed by atoms with E-state index < -0.39 is 0 Å². The Labute approximate surface area is 125 Å². The molecule has 1 aliphatic rings. The predicted octanol–water partition coefficient (Wildman–Crippen LogP) is 1.03. The van der Waals surface area contributed by atoms with Crippen molar-refractivity contribution >= 4 is 11.6 Å². The Kier molecular flexibility index (Phi) is 5.80. The van der Waals surface area contributed by atoms with E-state index in [0.717, 1.165) is 44.8 Å². The van der Waals surface area contributed by atoms with Crippen molar-refractivity contribution in [2.45, 2.75) is 25.4 Å². The fraction of sp³-hybridized carbons (Fsp3) is 0.769. The van der Waals surface area contributed by atoms with Crippen molar-refractivity contribution in [1.29, 1.82) is 0 Å². The van der Waals surface area contributed by atoms with E-state index in [0.29, 0.717) is 10.9 Å². The molecule has 1 fully saturated rings. The highest BCUT2D eigenvalue weighted by molar-refractivity contribution is 6.31. The highest BCUT2D eigenvalue weighted by atomic mass is 35.5. The highest BCUT2D eigenvalue weighted by Gasteiger charge is 2.29. The zero-order valence-electron chi connectivity index (χ0n) is 12.2. The summed E-state index contributed by atoms with van der Waals surface area (Å²) < 4.78 is 7.38. The fourth-order valence-electron chi connectivity index (χ4n) is 2.64. The number of likely N-dealkylation sites (N-methyl/N-ethyl adjacent to an activating group) is 1. The van der Waals surface area contributed by atoms with Gasteiger partial charge < -0.3 is 9.64 Å². The summed E-state index contributed by atoms with van der Waals surface area (Å²) in [5.41, 5.74) is 3.92. The van der Waals surface area contributed by atoms with Crippen LogP contribution in [0.15, 0.2) is 6.20 Å². The molecule has 1 aromatic heterocycles. The van der Waals surface area contributed by atoms with Crippen LogP contribution >= 0.6 is 11.6 Å². The molecule has 6 nitrogen and oxygen atoms in total. The third-order valence-electron chi connectivity index (χ3n) is 3.80. The summed E-state index contributed by atoms with van der Waals surface area (Å²) in [6, 6.07) is 0.0241. The molecule has 0 bridgehead atoms. The lowest BCUT2D eigenvalue weighted by molar-refractivity contribution is 0.0524. The molecule has 3 N–H and O–H groups in total. The van der Waals surface area contributed by atoms with Crippen LogP contribution in [0, 0.1) is 5.92 Å². The molecule has 114 valence electrons. The average molecular weight is 302 g/mol. The largest absolute Gasteiger partial charge is 0.381 e. The number of hydrogen-bond acceptors (Lipinski definition) is 5. The first-order valence-electron chi connectivity index (χ1n) is 7.03. The molecule has 0 saturated carbocycles. The van der Waals surface area contributed by atoms with E-state index in [1.807, 2.05) is 18.8 Å². The van der Waals surface area contributed by atoms with Crippen molar-refractivity contribution in [3.05, 3.63) is 16.9 Å². The summed E-state index contributed by atoms with van der Waals surface area (Å²) in [6.07, 6.45) is 3.68. The second-order valence-corrected chi connectivity index (χ2v) is 5.91. The Bertz CT molecular complexity index is 417. The lowest BCUT2D eigenvalue weighted by Crippen LogP contribution is -2.38. The number of nitrogens with one attached hydrogen (secondary N) is 1. The summed E-state index contributed by atoms with van der Waals surface area (Å²) in [6.45, 7) is 3.28. The van der Waals surface area contributed by atoms with Gasteiger partial charge in [0.25, 0.3) is 0 Å². The Morgan fingerprint density at radius 3 is 2.85 bits per heavy atom. The van der Waals surface area contributed by atoms with Gasteiger partial charge in [-0.25, -0.2) is 0 Å². The zero-order valence-corrected chi connectivity index (χ0v) is 12.9. The van der Waals surface area contributed by atoms with E-state index >= 15 is 0 Å². The van der Waals surface area contributed by atoms with Gasteiger partial charge in [-0.2, -0.15) is 5.10 Å². The van der Waals surface area contributed by atoms with Crippen LogP contribution in [0.5, 0.6) is 0 Å². The van der Waals surface area contributed by atoms with Gasteiger partial charge in [-0.3, -0.25) is 16.0 Å². The van der Waals surface area contributed by atoms with Crippen molar-refractivity contribution in [2.24, 2.45) is 11.8 Å². The molecular weight excluding hydrogens is 278 g/mol. The van der Waals surface area contributed by atoms with Gasteiger partial charge >= 0.3 is 0 Å². The number of rotatable bonds is 6. The molecule has 20 heavy (non-hydrogen) atoms. The Morgan fingerprint density at radius 2 is 2.25 bits per heavy atom. The lowest BCUT2D eigenvalue weighted by atomic mass is 9.90. The van der Waals surface area contributed by atoms with E-state index in [9.17, 15) is 0 Å². The molecule has 0 amide bonds. The summed E-state index contributed by atoms with van der Waals surface area (Å²) in [5.74, 6) is 6.22. The Morgan fingerprint density at radius 1 is 1.55 bits per heavy atom. The van der Waals surface area contributed by atoms with Gasteiger partial charge in [-0.05, 0) is 32.9 Å². The summed E-state index contributed by atoms with van der Waals surface area (Å²) in [5, 5.41) is 5.06. The predicted molar refractivity (Wildman–Crippen MR) is 79.4 cm³/mol. The lowest BCUT2D eigenvalue weighted by Gasteiger charge is -2.30. The number of nitrogens with zero attached hydrogens (tertiary/aromatic N) is 3. The first kappa shape index (κ1) is 15.7. The van der Waals surface area contributed by atoms with Crippen molar-refractivity contribution < 1.29 is 4.74 Å². The van der Waals surface area contributed by atoms with E-state index in [4.69, 9.17) is 22.2 Å². The molecule has 1 saturated heterocycles. The first-order valence-corrected chi connectivity index (χ1v) is 7.41. The maximum absolute atomic E-state index is 6.33. The number of ether oxygens (including phenoxy) is 1. The van der Waals surface area contributed by atoms with Gasteiger partial charge in [0.2, 0.25) is 0 Å². The average Bonchev–Trinajstić information content (AvgIpc) is 2.80. The van der Waals surface area contributed by atoms with E-state index in [-0.39, 0.29) is 6.04 Å². The highest BCUT2D eigenvalue weighted by Crippen LogP contribution is 2.33. The molecule has 0 spiro atoms. The molecule has 7 heteroatoms. The summed E-state index contributed by atoms with van der Waals surface area (Å²) in [7, 11) is 4.09. The number of halogens is 1. The molecule has 1 aliphatic heterocycles. The third-order valence-corrected chi connectivity index (χ3v) is 4.09. The molecule has 1 unspecified atom stereocenters. The van der Waals surface area contributed by atoms with Crippen LogP contribution in [0.4, 0.5) is 0 Å². The van der Waals surface area contributed by atoms with Crippen molar-refractivity contribution in [1.82, 2.24) is 20.1 Å². The van der Waals surface area contributed by atoms with Crippen LogP contribution in [0.25, 0.3) is 0 Å². The minimum atomic E-state index is 0.0241. The molecule has 1 atom stereocenters. The minimum Gasteiger partial charge on any atom is -0.381 e. The molecule has 0 aliphatic carbocycles. The standard InChI is InChI=1S/C13H24ClN5O/c1-18(2)5-6-19-13(11(14)9-16-19)12(17-15)10-3-7-20-8-4-10/h9-10,12,17H,3-8,15H2,1-2H3. The van der Waals surface area contributed by atoms with E-state index in [1.54, 1.807) is 6.20 Å². The molecule has 1 aromatic rings. The smallest absolute Gasteiger partial charge is 0.0834 e. The number of hydrogen-bond donors (Lipinski definition) is 2. The fourth-order valence-corrected chi connectivity index (χ4v) is 2.90. The number of aromatic nitrogens is 2. The van der Waals surface area contributed by atoms with Crippen molar-refractivity contribution in [3.8, 4) is 0 Å².